The van der Waals surface area contributed by atoms with Gasteiger partial charge in [-0.2, -0.15) is 0 Å². The summed E-state index contributed by atoms with van der Waals surface area (Å²) in [5, 5.41) is 0. The first-order chi connectivity index (χ1) is 12.7. The third-order valence-electron chi connectivity index (χ3n) is 6.04. The van der Waals surface area contributed by atoms with Crippen LogP contribution in [0.3, 0.4) is 0 Å². The smallest absolute Gasteiger partial charge is 0.239 e. The average molecular weight is 346 g/mol. The molecule has 3 nitrogen and oxygen atoms in total. The molecule has 2 aliphatic rings. The van der Waals surface area contributed by atoms with Crippen molar-refractivity contribution < 1.29 is 4.79 Å². The van der Waals surface area contributed by atoms with Gasteiger partial charge < -0.3 is 4.90 Å². The van der Waals surface area contributed by atoms with Crippen LogP contribution in [-0.4, -0.2) is 29.9 Å². The highest BCUT2D eigenvalue weighted by atomic mass is 16.2. The number of hydrogen-bond acceptors (Lipinski definition) is 2. The van der Waals surface area contributed by atoms with Gasteiger partial charge in [-0.25, -0.2) is 0 Å². The maximum Gasteiger partial charge on any atom is 0.239 e. The number of benzene rings is 2. The molecule has 0 bridgehead atoms. The van der Waals surface area contributed by atoms with Crippen molar-refractivity contribution in [2.45, 2.75) is 37.8 Å². The van der Waals surface area contributed by atoms with E-state index >= 15 is 0 Å². The van der Waals surface area contributed by atoms with Crippen molar-refractivity contribution in [1.29, 1.82) is 0 Å². The number of anilines is 1. The molecule has 26 heavy (non-hydrogen) atoms. The van der Waals surface area contributed by atoms with Gasteiger partial charge in [0.15, 0.2) is 0 Å². The Labute approximate surface area is 155 Å². The Hall–Kier alpha value is -2.39. The van der Waals surface area contributed by atoms with Crippen LogP contribution in [0.25, 0.3) is 0 Å². The number of nitrogens with zero attached hydrogens (tertiary/aromatic N) is 2. The van der Waals surface area contributed by atoms with Crippen LogP contribution >= 0.6 is 0 Å². The number of likely N-dealkylation sites (tertiary alicyclic amines) is 1. The van der Waals surface area contributed by atoms with Crippen LogP contribution in [0.4, 0.5) is 5.69 Å². The molecule has 2 atom stereocenters. The fraction of sp³-hybridized carbons (Fsp3) is 0.348. The zero-order chi connectivity index (χ0) is 18.1. The van der Waals surface area contributed by atoms with Crippen molar-refractivity contribution in [3.8, 4) is 0 Å². The van der Waals surface area contributed by atoms with E-state index < -0.39 is 5.41 Å². The molecule has 2 heterocycles. The van der Waals surface area contributed by atoms with Crippen molar-refractivity contribution in [1.82, 2.24) is 4.90 Å². The van der Waals surface area contributed by atoms with Crippen LogP contribution in [0.15, 0.2) is 67.3 Å². The first-order valence-electron chi connectivity index (χ1n) is 9.52. The summed E-state index contributed by atoms with van der Waals surface area (Å²) in [6.45, 7) is 8.53. The van der Waals surface area contributed by atoms with Crippen molar-refractivity contribution in [3.63, 3.8) is 0 Å². The molecule has 1 fully saturated rings. The third-order valence-corrected chi connectivity index (χ3v) is 6.04. The van der Waals surface area contributed by atoms with Gasteiger partial charge in [0.05, 0.1) is 12.0 Å². The van der Waals surface area contributed by atoms with E-state index in [2.05, 4.69) is 48.7 Å². The van der Waals surface area contributed by atoms with E-state index in [1.54, 1.807) is 0 Å². The van der Waals surface area contributed by atoms with Crippen LogP contribution < -0.4 is 4.90 Å². The molecule has 1 spiro atoms. The molecule has 1 saturated heterocycles. The summed E-state index contributed by atoms with van der Waals surface area (Å²) in [7, 11) is 0. The summed E-state index contributed by atoms with van der Waals surface area (Å²) < 4.78 is 0. The highest BCUT2D eigenvalue weighted by molar-refractivity contribution is 6.09. The molecule has 0 N–H and O–H groups in total. The molecule has 0 aliphatic carbocycles. The largest absolute Gasteiger partial charge is 0.307 e. The lowest BCUT2D eigenvalue weighted by Gasteiger charge is -2.33. The van der Waals surface area contributed by atoms with Gasteiger partial charge in [0, 0.05) is 24.8 Å². The number of carbonyl (C=O) groups excluding carboxylic acids is 1. The molecular weight excluding hydrogens is 320 g/mol. The zero-order valence-corrected chi connectivity index (χ0v) is 15.4. The van der Waals surface area contributed by atoms with Crippen LogP contribution in [0.5, 0.6) is 0 Å². The summed E-state index contributed by atoms with van der Waals surface area (Å²) in [5.41, 5.74) is 3.05. The zero-order valence-electron chi connectivity index (χ0n) is 15.4. The van der Waals surface area contributed by atoms with Gasteiger partial charge in [-0.3, -0.25) is 9.69 Å². The summed E-state index contributed by atoms with van der Waals surface area (Å²) in [5.74, 6) is 0.265. The molecule has 0 aromatic heterocycles. The normalized spacial score (nSPS) is 25.0. The molecule has 3 heteroatoms. The van der Waals surface area contributed by atoms with Gasteiger partial charge in [0.25, 0.3) is 0 Å². The number of hydrogen-bond donors (Lipinski definition) is 0. The number of para-hydroxylation sites is 1. The Morgan fingerprint density at radius 3 is 2.62 bits per heavy atom. The van der Waals surface area contributed by atoms with Gasteiger partial charge in [-0.15, -0.1) is 6.58 Å². The van der Waals surface area contributed by atoms with Gasteiger partial charge in [-0.05, 0) is 30.0 Å². The third kappa shape index (κ3) is 2.42. The van der Waals surface area contributed by atoms with Crippen molar-refractivity contribution >= 4 is 11.6 Å². The van der Waals surface area contributed by atoms with E-state index in [1.807, 2.05) is 35.2 Å². The number of amides is 1. The van der Waals surface area contributed by atoms with E-state index in [9.17, 15) is 4.79 Å². The summed E-state index contributed by atoms with van der Waals surface area (Å²) >= 11 is 0. The monoisotopic (exact) mass is 346 g/mol. The fourth-order valence-electron chi connectivity index (χ4n) is 4.98. The summed E-state index contributed by atoms with van der Waals surface area (Å²) in [6, 6.07) is 18.9. The Kier molecular flexibility index (Phi) is 4.41. The average Bonchev–Trinajstić information content (AvgIpc) is 3.15. The molecule has 134 valence electrons. The minimum absolute atomic E-state index is 0.231. The Bertz CT molecular complexity index is 816. The standard InChI is InChI=1S/C23H26N2O/c1-3-15-24-16-14-23(21(24)4-2)19-12-8-9-13-20(19)25(22(23)26)17-18-10-6-5-7-11-18/h3,5-13,21H,1,4,14-17H2,2H3/t21-,23+/m1/s1. The number of fused-ring (bicyclic) bond motifs is 2. The molecule has 1 amide bonds. The lowest BCUT2D eigenvalue weighted by atomic mass is 9.74. The molecular formula is C23H26N2O. The van der Waals surface area contributed by atoms with E-state index in [0.29, 0.717) is 6.54 Å². The van der Waals surface area contributed by atoms with Crippen LogP contribution in [0, 0.1) is 0 Å². The van der Waals surface area contributed by atoms with Gasteiger partial charge in [0.1, 0.15) is 0 Å². The lowest BCUT2D eigenvalue weighted by molar-refractivity contribution is -0.124. The van der Waals surface area contributed by atoms with Crippen molar-refractivity contribution in [3.05, 3.63) is 78.4 Å². The van der Waals surface area contributed by atoms with E-state index in [1.165, 1.54) is 11.1 Å². The maximum absolute atomic E-state index is 13.8. The number of carbonyl (C=O) groups is 1. The lowest BCUT2D eigenvalue weighted by Crippen LogP contribution is -2.49. The van der Waals surface area contributed by atoms with Crippen molar-refractivity contribution in [2.24, 2.45) is 0 Å². The molecule has 2 aromatic carbocycles. The summed E-state index contributed by atoms with van der Waals surface area (Å²) in [4.78, 5) is 18.2. The molecule has 2 aliphatic heterocycles. The predicted octanol–water partition coefficient (Wildman–Crippen LogP) is 4.14. The van der Waals surface area contributed by atoms with Crippen LogP contribution in [0.2, 0.25) is 0 Å². The quantitative estimate of drug-likeness (QED) is 0.760. The fourth-order valence-corrected chi connectivity index (χ4v) is 4.98. The summed E-state index contributed by atoms with van der Waals surface area (Å²) in [6.07, 6.45) is 3.81. The predicted molar refractivity (Wildman–Crippen MR) is 106 cm³/mol. The van der Waals surface area contributed by atoms with Gasteiger partial charge in [0.2, 0.25) is 5.91 Å². The molecule has 0 unspecified atom stereocenters. The molecule has 4 rings (SSSR count). The Morgan fingerprint density at radius 2 is 1.88 bits per heavy atom. The van der Waals surface area contributed by atoms with Gasteiger partial charge in [-0.1, -0.05) is 61.5 Å². The van der Waals surface area contributed by atoms with E-state index in [-0.39, 0.29) is 11.9 Å². The number of rotatable bonds is 5. The van der Waals surface area contributed by atoms with Crippen molar-refractivity contribution in [2.75, 3.05) is 18.0 Å². The minimum Gasteiger partial charge on any atom is -0.307 e. The molecule has 0 radical (unpaired) electrons. The highest BCUT2D eigenvalue weighted by Gasteiger charge is 2.59. The topological polar surface area (TPSA) is 23.6 Å². The molecule has 2 aromatic rings. The van der Waals surface area contributed by atoms with Crippen LogP contribution in [-0.2, 0) is 16.8 Å². The first kappa shape index (κ1) is 17.0. The van der Waals surface area contributed by atoms with Crippen LogP contribution in [0.1, 0.15) is 30.9 Å². The Morgan fingerprint density at radius 1 is 1.15 bits per heavy atom. The maximum atomic E-state index is 13.8. The second kappa shape index (κ2) is 6.73. The second-order valence-corrected chi connectivity index (χ2v) is 7.32. The SMILES string of the molecule is C=CCN1CC[C@@]2(C(=O)N(Cc3ccccc3)c3ccccc32)[C@H]1CC. The van der Waals surface area contributed by atoms with Gasteiger partial charge >= 0.3 is 0 Å². The second-order valence-electron chi connectivity index (χ2n) is 7.32. The Balaban J connectivity index is 1.78. The molecule has 0 saturated carbocycles. The van der Waals surface area contributed by atoms with E-state index in [0.717, 1.165) is 31.6 Å². The highest BCUT2D eigenvalue weighted by Crippen LogP contribution is 2.51. The van der Waals surface area contributed by atoms with E-state index in [4.69, 9.17) is 0 Å². The first-order valence-corrected chi connectivity index (χ1v) is 9.52. The minimum atomic E-state index is -0.414.